The summed E-state index contributed by atoms with van der Waals surface area (Å²) in [7, 11) is 0. The van der Waals surface area contributed by atoms with Gasteiger partial charge in [0.25, 0.3) is 0 Å². The third-order valence-corrected chi connectivity index (χ3v) is 4.66. The molecule has 2 rings (SSSR count). The van der Waals surface area contributed by atoms with Gasteiger partial charge in [0.1, 0.15) is 0 Å². The molecule has 2 nitrogen and oxygen atoms in total. The molecule has 0 N–H and O–H groups in total. The molecule has 1 fully saturated rings. The SMILES string of the molecule is Cc1ccn(CC2(CBr)CCCCC2)n1. The molecule has 1 heterocycles. The Morgan fingerprint density at radius 1 is 1.40 bits per heavy atom. The summed E-state index contributed by atoms with van der Waals surface area (Å²) in [5.74, 6) is 0. The highest BCUT2D eigenvalue weighted by Gasteiger charge is 2.31. The van der Waals surface area contributed by atoms with Gasteiger partial charge in [-0.1, -0.05) is 35.2 Å². The molecule has 0 bridgehead atoms. The number of hydrogen-bond donors (Lipinski definition) is 0. The lowest BCUT2D eigenvalue weighted by atomic mass is 9.76. The summed E-state index contributed by atoms with van der Waals surface area (Å²) in [6, 6.07) is 2.09. The number of aryl methyl sites for hydroxylation is 1. The van der Waals surface area contributed by atoms with Crippen LogP contribution in [0, 0.1) is 12.3 Å². The van der Waals surface area contributed by atoms with Gasteiger partial charge < -0.3 is 0 Å². The van der Waals surface area contributed by atoms with E-state index in [1.165, 1.54) is 32.1 Å². The molecular formula is C12H19BrN2. The second kappa shape index (κ2) is 4.69. The zero-order chi connectivity index (χ0) is 10.7. The monoisotopic (exact) mass is 270 g/mol. The first-order valence-electron chi connectivity index (χ1n) is 5.80. The molecule has 0 aliphatic heterocycles. The maximum absolute atomic E-state index is 4.49. The van der Waals surface area contributed by atoms with Crippen molar-refractivity contribution in [3.63, 3.8) is 0 Å². The molecule has 1 saturated carbocycles. The predicted octanol–water partition coefficient (Wildman–Crippen LogP) is 3.54. The maximum Gasteiger partial charge on any atom is 0.0593 e. The van der Waals surface area contributed by atoms with Crippen LogP contribution in [0.15, 0.2) is 12.3 Å². The highest BCUT2D eigenvalue weighted by Crippen LogP contribution is 2.39. The molecule has 0 unspecified atom stereocenters. The fraction of sp³-hybridized carbons (Fsp3) is 0.750. The first kappa shape index (κ1) is 11.2. The Morgan fingerprint density at radius 3 is 2.67 bits per heavy atom. The van der Waals surface area contributed by atoms with Crippen molar-refractivity contribution in [3.8, 4) is 0 Å². The summed E-state index contributed by atoms with van der Waals surface area (Å²) in [4.78, 5) is 0. The quantitative estimate of drug-likeness (QED) is 0.769. The van der Waals surface area contributed by atoms with E-state index in [-0.39, 0.29) is 0 Å². The zero-order valence-corrected chi connectivity index (χ0v) is 11.0. The van der Waals surface area contributed by atoms with Crippen molar-refractivity contribution in [2.45, 2.75) is 45.6 Å². The van der Waals surface area contributed by atoms with Crippen LogP contribution in [0.5, 0.6) is 0 Å². The first-order chi connectivity index (χ1) is 7.24. The van der Waals surface area contributed by atoms with Crippen molar-refractivity contribution in [1.29, 1.82) is 0 Å². The van der Waals surface area contributed by atoms with Crippen LogP contribution in [0.25, 0.3) is 0 Å². The molecule has 0 saturated heterocycles. The average molecular weight is 271 g/mol. The Morgan fingerprint density at radius 2 is 2.13 bits per heavy atom. The number of hydrogen-bond acceptors (Lipinski definition) is 1. The van der Waals surface area contributed by atoms with E-state index in [0.717, 1.165) is 17.6 Å². The first-order valence-corrected chi connectivity index (χ1v) is 6.92. The van der Waals surface area contributed by atoms with Crippen molar-refractivity contribution in [1.82, 2.24) is 9.78 Å². The van der Waals surface area contributed by atoms with Gasteiger partial charge in [-0.15, -0.1) is 0 Å². The molecule has 1 aliphatic rings. The van der Waals surface area contributed by atoms with Crippen LogP contribution < -0.4 is 0 Å². The molecular weight excluding hydrogens is 252 g/mol. The fourth-order valence-electron chi connectivity index (χ4n) is 2.53. The molecule has 0 amide bonds. The number of rotatable bonds is 3. The summed E-state index contributed by atoms with van der Waals surface area (Å²) in [5, 5.41) is 5.60. The van der Waals surface area contributed by atoms with Crippen molar-refractivity contribution < 1.29 is 0 Å². The van der Waals surface area contributed by atoms with Crippen molar-refractivity contribution >= 4 is 15.9 Å². The number of aromatic nitrogens is 2. The standard InChI is InChI=1S/C12H19BrN2/c1-11-5-8-15(14-11)10-12(9-13)6-3-2-4-7-12/h5,8H,2-4,6-7,9-10H2,1H3. The lowest BCUT2D eigenvalue weighted by molar-refractivity contribution is 0.183. The normalized spacial score (nSPS) is 20.4. The van der Waals surface area contributed by atoms with Crippen LogP contribution in [-0.4, -0.2) is 15.1 Å². The maximum atomic E-state index is 4.49. The Hall–Kier alpha value is -0.310. The summed E-state index contributed by atoms with van der Waals surface area (Å²) in [6.07, 6.45) is 8.97. The molecule has 1 aromatic rings. The molecule has 1 aliphatic carbocycles. The van der Waals surface area contributed by atoms with E-state index in [0.29, 0.717) is 5.41 Å². The van der Waals surface area contributed by atoms with Gasteiger partial charge in [-0.3, -0.25) is 4.68 Å². The molecule has 15 heavy (non-hydrogen) atoms. The lowest BCUT2D eigenvalue weighted by Crippen LogP contribution is -2.31. The minimum atomic E-state index is 0.455. The summed E-state index contributed by atoms with van der Waals surface area (Å²) >= 11 is 3.69. The van der Waals surface area contributed by atoms with E-state index < -0.39 is 0 Å². The number of halogens is 1. The van der Waals surface area contributed by atoms with E-state index in [2.05, 4.69) is 44.9 Å². The minimum absolute atomic E-state index is 0.455. The van der Waals surface area contributed by atoms with Crippen LogP contribution in [0.4, 0.5) is 0 Å². The second-order valence-corrected chi connectivity index (χ2v) is 5.41. The molecule has 0 spiro atoms. The third-order valence-electron chi connectivity index (χ3n) is 3.47. The average Bonchev–Trinajstić information content (AvgIpc) is 2.65. The van der Waals surface area contributed by atoms with Gasteiger partial charge in [-0.05, 0) is 31.2 Å². The van der Waals surface area contributed by atoms with Crippen molar-refractivity contribution in [3.05, 3.63) is 18.0 Å². The van der Waals surface area contributed by atoms with Gasteiger partial charge in [0.15, 0.2) is 0 Å². The van der Waals surface area contributed by atoms with E-state index in [4.69, 9.17) is 0 Å². The summed E-state index contributed by atoms with van der Waals surface area (Å²) < 4.78 is 2.11. The molecule has 0 radical (unpaired) electrons. The largest absolute Gasteiger partial charge is 0.272 e. The van der Waals surface area contributed by atoms with Gasteiger partial charge in [0, 0.05) is 18.1 Å². The van der Waals surface area contributed by atoms with Gasteiger partial charge in [-0.25, -0.2) is 0 Å². The van der Waals surface area contributed by atoms with Gasteiger partial charge >= 0.3 is 0 Å². The van der Waals surface area contributed by atoms with Crippen LogP contribution in [0.1, 0.15) is 37.8 Å². The van der Waals surface area contributed by atoms with Crippen molar-refractivity contribution in [2.75, 3.05) is 5.33 Å². The Bertz CT molecular complexity index is 313. The van der Waals surface area contributed by atoms with E-state index in [1.54, 1.807) is 0 Å². The Labute approximate surface area is 100 Å². The minimum Gasteiger partial charge on any atom is -0.272 e. The van der Waals surface area contributed by atoms with Gasteiger partial charge in [0.2, 0.25) is 0 Å². The molecule has 1 aromatic heterocycles. The number of alkyl halides is 1. The van der Waals surface area contributed by atoms with Gasteiger partial charge in [0.05, 0.1) is 5.69 Å². The lowest BCUT2D eigenvalue weighted by Gasteiger charge is -2.35. The van der Waals surface area contributed by atoms with Crippen LogP contribution in [0.2, 0.25) is 0 Å². The zero-order valence-electron chi connectivity index (χ0n) is 9.38. The third kappa shape index (κ3) is 2.63. The fourth-order valence-corrected chi connectivity index (χ4v) is 3.27. The topological polar surface area (TPSA) is 17.8 Å². The highest BCUT2D eigenvalue weighted by atomic mass is 79.9. The van der Waals surface area contributed by atoms with Crippen LogP contribution in [-0.2, 0) is 6.54 Å². The van der Waals surface area contributed by atoms with Crippen molar-refractivity contribution in [2.24, 2.45) is 5.41 Å². The Balaban J connectivity index is 2.06. The smallest absolute Gasteiger partial charge is 0.0593 e. The predicted molar refractivity (Wildman–Crippen MR) is 66.3 cm³/mol. The van der Waals surface area contributed by atoms with Gasteiger partial charge in [-0.2, -0.15) is 5.10 Å². The molecule has 0 atom stereocenters. The molecule has 0 aromatic carbocycles. The highest BCUT2D eigenvalue weighted by molar-refractivity contribution is 9.09. The van der Waals surface area contributed by atoms with E-state index in [9.17, 15) is 0 Å². The summed E-state index contributed by atoms with van der Waals surface area (Å²) in [5.41, 5.74) is 1.58. The van der Waals surface area contributed by atoms with E-state index in [1.807, 2.05) is 0 Å². The molecule has 84 valence electrons. The summed E-state index contributed by atoms with van der Waals surface area (Å²) in [6.45, 7) is 3.13. The number of nitrogens with zero attached hydrogens (tertiary/aromatic N) is 2. The Kier molecular flexibility index (Phi) is 3.49. The van der Waals surface area contributed by atoms with Crippen LogP contribution >= 0.6 is 15.9 Å². The molecule has 3 heteroatoms. The van der Waals surface area contributed by atoms with E-state index >= 15 is 0 Å². The second-order valence-electron chi connectivity index (χ2n) is 4.85. The van der Waals surface area contributed by atoms with Crippen LogP contribution in [0.3, 0.4) is 0 Å².